The van der Waals surface area contributed by atoms with Crippen molar-refractivity contribution < 1.29 is 23.8 Å². The Bertz CT molecular complexity index is 1300. The van der Waals surface area contributed by atoms with Gasteiger partial charge < -0.3 is 24.2 Å². The summed E-state index contributed by atoms with van der Waals surface area (Å²) in [5.74, 6) is -0.234. The molecule has 0 bridgehead atoms. The SMILES string of the molecule is COC(=O)CCc1c(/C=C2\N=C(c3ccc[nH]3)C=C2OC)[nH]c(C)c1C(=O)OCc1ccccc1. The second-order valence-corrected chi connectivity index (χ2v) is 7.98. The van der Waals surface area contributed by atoms with E-state index in [0.717, 1.165) is 17.0 Å². The molecule has 0 saturated heterocycles. The molecule has 8 heteroatoms. The Kier molecular flexibility index (Phi) is 7.30. The van der Waals surface area contributed by atoms with Crippen molar-refractivity contribution in [2.45, 2.75) is 26.4 Å². The number of carbonyl (C=O) groups is 2. The number of methoxy groups -OCH3 is 2. The Morgan fingerprint density at radius 2 is 1.89 bits per heavy atom. The van der Waals surface area contributed by atoms with Gasteiger partial charge in [0.25, 0.3) is 0 Å². The highest BCUT2D eigenvalue weighted by molar-refractivity contribution is 6.11. The summed E-state index contributed by atoms with van der Waals surface area (Å²) in [5.41, 5.74) is 5.46. The van der Waals surface area contributed by atoms with E-state index in [9.17, 15) is 9.59 Å². The predicted molar refractivity (Wildman–Crippen MR) is 132 cm³/mol. The standard InChI is InChI=1S/C27H27N3O5/c1-17-26(27(32)35-16-18-8-5-4-6-9-18)19(11-12-25(31)34-3)21(29-17)14-23-24(33-2)15-22(30-23)20-10-7-13-28-20/h4-10,13-15,28-29H,11-12,16H2,1-3H3/b23-14-. The number of aromatic amines is 2. The predicted octanol–water partition coefficient (Wildman–Crippen LogP) is 4.49. The maximum absolute atomic E-state index is 13.1. The lowest BCUT2D eigenvalue weighted by Gasteiger charge is -2.08. The highest BCUT2D eigenvalue weighted by atomic mass is 16.5. The van der Waals surface area contributed by atoms with Crippen molar-refractivity contribution in [3.63, 3.8) is 0 Å². The zero-order valence-corrected chi connectivity index (χ0v) is 19.9. The molecule has 1 aromatic carbocycles. The highest BCUT2D eigenvalue weighted by Gasteiger charge is 2.24. The number of aliphatic imine (C=N–C) groups is 1. The monoisotopic (exact) mass is 473 g/mol. The quantitative estimate of drug-likeness (QED) is 0.446. The van der Waals surface area contributed by atoms with Gasteiger partial charge in [0.05, 0.1) is 31.2 Å². The minimum Gasteiger partial charge on any atom is -0.494 e. The number of hydrogen-bond acceptors (Lipinski definition) is 6. The van der Waals surface area contributed by atoms with Gasteiger partial charge in [0.1, 0.15) is 18.1 Å². The van der Waals surface area contributed by atoms with E-state index < -0.39 is 5.97 Å². The first-order valence-corrected chi connectivity index (χ1v) is 11.2. The average Bonchev–Trinajstić information content (AvgIpc) is 3.61. The van der Waals surface area contributed by atoms with Crippen molar-refractivity contribution in [1.82, 2.24) is 9.97 Å². The summed E-state index contributed by atoms with van der Waals surface area (Å²) >= 11 is 0. The first kappa shape index (κ1) is 23.8. The fourth-order valence-corrected chi connectivity index (χ4v) is 3.93. The number of hydrogen-bond donors (Lipinski definition) is 2. The maximum atomic E-state index is 13.1. The Balaban J connectivity index is 1.68. The number of esters is 2. The fourth-order valence-electron chi connectivity index (χ4n) is 3.93. The number of H-pyrrole nitrogens is 2. The molecule has 0 saturated carbocycles. The van der Waals surface area contributed by atoms with Crippen molar-refractivity contribution in [1.29, 1.82) is 0 Å². The van der Waals surface area contributed by atoms with Crippen LogP contribution in [-0.2, 0) is 32.0 Å². The zero-order valence-electron chi connectivity index (χ0n) is 19.9. The van der Waals surface area contributed by atoms with Crippen LogP contribution in [0.3, 0.4) is 0 Å². The van der Waals surface area contributed by atoms with Crippen LogP contribution in [0.5, 0.6) is 0 Å². The van der Waals surface area contributed by atoms with Crippen LogP contribution in [0.15, 0.2) is 71.2 Å². The van der Waals surface area contributed by atoms with Crippen LogP contribution in [0.25, 0.3) is 6.08 Å². The molecule has 0 radical (unpaired) electrons. The summed E-state index contributed by atoms with van der Waals surface area (Å²) in [4.78, 5) is 36.1. The van der Waals surface area contributed by atoms with Crippen molar-refractivity contribution in [3.05, 3.63) is 100.0 Å². The molecule has 2 aromatic heterocycles. The third kappa shape index (κ3) is 5.43. The number of benzene rings is 1. The van der Waals surface area contributed by atoms with E-state index in [1.165, 1.54) is 7.11 Å². The van der Waals surface area contributed by atoms with Crippen LogP contribution in [-0.4, -0.2) is 41.8 Å². The summed E-state index contributed by atoms with van der Waals surface area (Å²) in [5, 5.41) is 0. The van der Waals surface area contributed by atoms with Gasteiger partial charge in [-0.1, -0.05) is 30.3 Å². The number of aryl methyl sites for hydroxylation is 1. The van der Waals surface area contributed by atoms with E-state index in [0.29, 0.717) is 40.4 Å². The van der Waals surface area contributed by atoms with E-state index in [4.69, 9.17) is 19.2 Å². The van der Waals surface area contributed by atoms with E-state index >= 15 is 0 Å². The summed E-state index contributed by atoms with van der Waals surface area (Å²) in [6.45, 7) is 1.95. The lowest BCUT2D eigenvalue weighted by atomic mass is 10.0. The largest absolute Gasteiger partial charge is 0.494 e. The van der Waals surface area contributed by atoms with Gasteiger partial charge >= 0.3 is 11.9 Å². The van der Waals surface area contributed by atoms with E-state index in [1.807, 2.05) is 60.8 Å². The topological polar surface area (TPSA) is 106 Å². The van der Waals surface area contributed by atoms with Crippen LogP contribution in [0, 0.1) is 6.92 Å². The lowest BCUT2D eigenvalue weighted by molar-refractivity contribution is -0.140. The van der Waals surface area contributed by atoms with Gasteiger partial charge in [-0.3, -0.25) is 4.79 Å². The Morgan fingerprint density at radius 1 is 1.09 bits per heavy atom. The molecule has 35 heavy (non-hydrogen) atoms. The summed E-state index contributed by atoms with van der Waals surface area (Å²) in [6, 6.07) is 13.3. The number of nitrogens with zero attached hydrogens (tertiary/aromatic N) is 1. The van der Waals surface area contributed by atoms with Gasteiger partial charge in [-0.15, -0.1) is 0 Å². The third-order valence-electron chi connectivity index (χ3n) is 5.68. The second-order valence-electron chi connectivity index (χ2n) is 7.98. The molecule has 2 N–H and O–H groups in total. The average molecular weight is 474 g/mol. The van der Waals surface area contributed by atoms with Crippen LogP contribution in [0.4, 0.5) is 0 Å². The molecule has 3 aromatic rings. The number of allylic oxidation sites excluding steroid dienone is 1. The molecule has 0 spiro atoms. The molecule has 0 unspecified atom stereocenters. The van der Waals surface area contributed by atoms with Crippen molar-refractivity contribution in [2.24, 2.45) is 4.99 Å². The lowest BCUT2D eigenvalue weighted by Crippen LogP contribution is -2.10. The highest BCUT2D eigenvalue weighted by Crippen LogP contribution is 2.29. The van der Waals surface area contributed by atoms with Crippen molar-refractivity contribution in [3.8, 4) is 0 Å². The third-order valence-corrected chi connectivity index (χ3v) is 5.68. The molecule has 3 heterocycles. The molecule has 0 amide bonds. The molecular weight excluding hydrogens is 446 g/mol. The van der Waals surface area contributed by atoms with Gasteiger partial charge in [-0.2, -0.15) is 0 Å². The molecule has 1 aliphatic heterocycles. The van der Waals surface area contributed by atoms with Crippen molar-refractivity contribution >= 4 is 23.7 Å². The van der Waals surface area contributed by atoms with Gasteiger partial charge in [0, 0.05) is 30.1 Å². The first-order chi connectivity index (χ1) is 17.0. The fraction of sp³-hybridized carbons (Fsp3) is 0.222. The van der Waals surface area contributed by atoms with E-state index in [1.54, 1.807) is 14.0 Å². The molecule has 1 aliphatic rings. The van der Waals surface area contributed by atoms with Crippen LogP contribution in [0.2, 0.25) is 0 Å². The summed E-state index contributed by atoms with van der Waals surface area (Å²) in [7, 11) is 2.92. The molecular formula is C27H27N3O5. The molecule has 4 rings (SSSR count). The minimum absolute atomic E-state index is 0.118. The van der Waals surface area contributed by atoms with Crippen LogP contribution >= 0.6 is 0 Å². The van der Waals surface area contributed by atoms with Gasteiger partial charge in [0.15, 0.2) is 0 Å². The Morgan fingerprint density at radius 3 is 2.57 bits per heavy atom. The number of nitrogens with one attached hydrogen (secondary N) is 2. The van der Waals surface area contributed by atoms with E-state index in [2.05, 4.69) is 9.97 Å². The molecule has 8 nitrogen and oxygen atoms in total. The van der Waals surface area contributed by atoms with Crippen LogP contribution < -0.4 is 0 Å². The summed E-state index contributed by atoms with van der Waals surface area (Å²) < 4.78 is 15.9. The molecule has 0 aliphatic carbocycles. The molecule has 0 atom stereocenters. The summed E-state index contributed by atoms with van der Waals surface area (Å²) in [6.07, 6.45) is 5.90. The molecule has 0 fully saturated rings. The number of aromatic nitrogens is 2. The zero-order chi connectivity index (χ0) is 24.8. The van der Waals surface area contributed by atoms with E-state index in [-0.39, 0.29) is 19.0 Å². The normalized spacial score (nSPS) is 14.0. The van der Waals surface area contributed by atoms with Gasteiger partial charge in [-0.25, -0.2) is 9.79 Å². The van der Waals surface area contributed by atoms with Crippen molar-refractivity contribution in [2.75, 3.05) is 14.2 Å². The Hall–Kier alpha value is -4.33. The van der Waals surface area contributed by atoms with Crippen LogP contribution in [0.1, 0.15) is 45.0 Å². The Labute approximate surface area is 203 Å². The second kappa shape index (κ2) is 10.7. The number of rotatable bonds is 9. The van der Waals surface area contributed by atoms with Gasteiger partial charge in [-0.05, 0) is 42.7 Å². The van der Waals surface area contributed by atoms with Gasteiger partial charge in [0.2, 0.25) is 0 Å². The maximum Gasteiger partial charge on any atom is 0.340 e. The molecule has 180 valence electrons. The smallest absolute Gasteiger partial charge is 0.340 e. The number of ether oxygens (including phenoxy) is 3. The number of carbonyl (C=O) groups excluding carboxylic acids is 2. The minimum atomic E-state index is -0.461. The first-order valence-electron chi connectivity index (χ1n) is 11.2.